The minimum absolute atomic E-state index is 0.205. The summed E-state index contributed by atoms with van der Waals surface area (Å²) in [6, 6.07) is 64.6. The number of fused-ring (bicyclic) bond motifs is 6. The number of benzene rings is 12. The van der Waals surface area contributed by atoms with Crippen LogP contribution in [0.1, 0.15) is 118 Å². The third-order valence-corrected chi connectivity index (χ3v) is 14.8. The van der Waals surface area contributed by atoms with Crippen LogP contribution in [-0.4, -0.2) is 37.7 Å². The van der Waals surface area contributed by atoms with E-state index >= 15 is 0 Å². The largest absolute Gasteiger partial charge is 0.299 e. The molecule has 12 aromatic carbocycles. The molecule has 0 fully saturated rings. The lowest BCUT2D eigenvalue weighted by Crippen LogP contribution is -1.91. The molecule has 0 unspecified atom stereocenters. The van der Waals surface area contributed by atoms with E-state index in [9.17, 15) is 28.8 Å². The molecule has 0 spiro atoms. The monoisotopic (exact) mass is 1170 g/mol. The molecule has 12 heteroatoms. The van der Waals surface area contributed by atoms with E-state index in [-0.39, 0.29) is 22.4 Å². The fourth-order valence-corrected chi connectivity index (χ4v) is 10.1. The van der Waals surface area contributed by atoms with E-state index < -0.39 is 0 Å². The molecule has 0 atom stereocenters. The third kappa shape index (κ3) is 14.8. The van der Waals surface area contributed by atoms with Crippen molar-refractivity contribution in [3.63, 3.8) is 0 Å². The Kier molecular flexibility index (Phi) is 21.8. The molecular weight excluding hydrogens is 1120 g/mol. The van der Waals surface area contributed by atoms with Gasteiger partial charge in [0.2, 0.25) is 5.69 Å². The molecule has 90 heavy (non-hydrogen) atoms. The van der Waals surface area contributed by atoms with Crippen LogP contribution in [0.2, 0.25) is 0 Å². The van der Waals surface area contributed by atoms with Gasteiger partial charge in [-0.25, -0.2) is 9.69 Å². The second-order valence-corrected chi connectivity index (χ2v) is 20.8. The van der Waals surface area contributed by atoms with Gasteiger partial charge >= 0.3 is 0 Å². The molecule has 0 amide bonds. The summed E-state index contributed by atoms with van der Waals surface area (Å²) >= 11 is 0. The fraction of sp³-hybridized carbons (Fsp3) is 0.0769. The molecule has 0 aliphatic carbocycles. The number of nitriles is 4. The van der Waals surface area contributed by atoms with Gasteiger partial charge in [-0.05, 0) is 142 Å². The Labute approximate surface area is 520 Å². The topological polar surface area (TPSA) is 206 Å². The lowest BCUT2D eigenvalue weighted by molar-refractivity contribution is 0.111. The Morgan fingerprint density at radius 1 is 0.289 bits per heavy atom. The van der Waals surface area contributed by atoms with Crippen LogP contribution in [0.4, 0.5) is 11.4 Å². The van der Waals surface area contributed by atoms with Gasteiger partial charge in [0.15, 0.2) is 18.3 Å². The van der Waals surface area contributed by atoms with E-state index in [1.807, 2.05) is 87.5 Å². The molecule has 0 N–H and O–H groups in total. The Bertz CT molecular complexity index is 4920. The van der Waals surface area contributed by atoms with Crippen LogP contribution >= 0.6 is 0 Å². The molecule has 0 aliphatic heterocycles. The highest BCUT2D eigenvalue weighted by atomic mass is 16.1. The van der Waals surface area contributed by atoms with E-state index in [1.165, 1.54) is 39.6 Å². The number of rotatable bonds is 6. The van der Waals surface area contributed by atoms with Crippen molar-refractivity contribution in [2.45, 2.75) is 41.5 Å². The summed E-state index contributed by atoms with van der Waals surface area (Å²) in [5.41, 5.74) is 12.5. The van der Waals surface area contributed by atoms with Gasteiger partial charge in [0.1, 0.15) is 43.4 Å². The van der Waals surface area contributed by atoms with Crippen molar-refractivity contribution >= 4 is 114 Å². The molecule has 0 aromatic heterocycles. The first-order valence-corrected chi connectivity index (χ1v) is 27.8. The molecule has 12 nitrogen and oxygen atoms in total. The second kappa shape index (κ2) is 30.3. The maximum absolute atomic E-state index is 10.8. The van der Waals surface area contributed by atoms with Crippen LogP contribution < -0.4 is 0 Å². The summed E-state index contributed by atoms with van der Waals surface area (Å²) in [5, 5.41) is 47.3. The van der Waals surface area contributed by atoms with Gasteiger partial charge in [-0.15, -0.1) is 0 Å². The number of carbonyl (C=O) groups is 6. The molecule has 0 bridgehead atoms. The number of hydrogen-bond acceptors (Lipinski definition) is 10. The van der Waals surface area contributed by atoms with Crippen LogP contribution in [0, 0.1) is 100 Å². The highest BCUT2D eigenvalue weighted by Gasteiger charge is 2.14. The molecule has 432 valence electrons. The highest BCUT2D eigenvalue weighted by Crippen LogP contribution is 2.34. The van der Waals surface area contributed by atoms with Gasteiger partial charge in [-0.3, -0.25) is 28.8 Å². The smallest absolute Gasteiger partial charge is 0.205 e. The van der Waals surface area contributed by atoms with Crippen molar-refractivity contribution in [2.75, 3.05) is 0 Å². The van der Waals surface area contributed by atoms with E-state index in [0.717, 1.165) is 78.8 Å². The van der Waals surface area contributed by atoms with Crippen LogP contribution in [0.15, 0.2) is 182 Å². The first-order valence-electron chi connectivity index (χ1n) is 27.8. The molecule has 0 radical (unpaired) electrons. The lowest BCUT2D eigenvalue weighted by Gasteiger charge is -2.07. The first-order chi connectivity index (χ1) is 43.5. The van der Waals surface area contributed by atoms with Crippen molar-refractivity contribution in [2.24, 2.45) is 0 Å². The number of aldehydes is 6. The van der Waals surface area contributed by atoms with Crippen molar-refractivity contribution < 1.29 is 28.8 Å². The predicted octanol–water partition coefficient (Wildman–Crippen LogP) is 18.4. The van der Waals surface area contributed by atoms with Crippen molar-refractivity contribution in [1.82, 2.24) is 0 Å². The number of nitrogens with zero attached hydrogens (tertiary/aromatic N) is 6. The molecule has 0 saturated carbocycles. The number of hydrogen-bond donors (Lipinski definition) is 0. The normalized spacial score (nSPS) is 9.87. The number of carbonyl (C=O) groups excluding carboxylic acids is 6. The summed E-state index contributed by atoms with van der Waals surface area (Å²) in [7, 11) is 0. The van der Waals surface area contributed by atoms with Gasteiger partial charge < -0.3 is 0 Å². The quantitative estimate of drug-likeness (QED) is 0.114. The van der Waals surface area contributed by atoms with Crippen LogP contribution in [-0.2, 0) is 0 Å². The Morgan fingerprint density at radius 3 is 1.10 bits per heavy atom. The molecule has 0 aliphatic rings. The summed E-state index contributed by atoms with van der Waals surface area (Å²) < 4.78 is 0. The minimum atomic E-state index is 0.205. The first kappa shape index (κ1) is 64.7. The fourth-order valence-electron chi connectivity index (χ4n) is 10.1. The van der Waals surface area contributed by atoms with Gasteiger partial charge in [0.25, 0.3) is 0 Å². The zero-order valence-electron chi connectivity index (χ0n) is 49.9. The standard InChI is InChI=1S/C14H6N2O2.C14H10N2.C13H7NO2.C13H11N.C12H8O2.C12H12/c1-16-14-10(8-18)3-4-11-12(14)5-2-9(7-17)13(11)6-15;1-9-4-7-12-11(13(9)8-15)6-5-10(2)14(12)16-3;14-6-13-11(8-16)3-2-10-5-9(7-15)1-4-12(10)13;1-9-3-6-12-11(7-9)5-4-10(2)13(12)8-14;13-7-9-1-3-11-6-10(8-14)2-4-12(11)5-9;1-9-3-5-12-8-10(2)4-6-11(12)7-9/h2-5,7-8H;4-7H,1-2H3;1-5,7-8H;3-7H,1-2H3;1-8H;3-8H,1-2H3. The zero-order chi connectivity index (χ0) is 65.0. The van der Waals surface area contributed by atoms with Crippen LogP contribution in [0.3, 0.4) is 0 Å². The Hall–Kier alpha value is -12.8. The van der Waals surface area contributed by atoms with E-state index in [1.54, 1.807) is 66.7 Å². The van der Waals surface area contributed by atoms with Crippen LogP contribution in [0.25, 0.3) is 74.3 Å². The molecular formula is C78H54N6O6. The van der Waals surface area contributed by atoms with E-state index in [2.05, 4.69) is 91.1 Å². The lowest BCUT2D eigenvalue weighted by atomic mass is 9.97. The second-order valence-electron chi connectivity index (χ2n) is 20.8. The minimum Gasteiger partial charge on any atom is -0.299 e. The summed E-state index contributed by atoms with van der Waals surface area (Å²) in [6.45, 7) is 26.4. The summed E-state index contributed by atoms with van der Waals surface area (Å²) in [4.78, 5) is 70.9. The number of aryl methyl sites for hydroxylation is 6. The van der Waals surface area contributed by atoms with Crippen molar-refractivity contribution in [3.05, 3.63) is 294 Å². The zero-order valence-corrected chi connectivity index (χ0v) is 49.9. The van der Waals surface area contributed by atoms with Crippen molar-refractivity contribution in [1.29, 1.82) is 21.0 Å². The average Bonchev–Trinajstić information content (AvgIpc) is 1.01. The molecule has 12 aromatic rings. The maximum Gasteiger partial charge on any atom is 0.205 e. The van der Waals surface area contributed by atoms with Gasteiger partial charge in [0, 0.05) is 38.8 Å². The SMILES string of the molecule is Cc1ccc2c(C#N)c(C)ccc2c1.Cc1ccc2cc(C)ccc2c1.N#Cc1c(C=O)ccc2cc(C=O)ccc12.O=Cc1ccc2cc(C=O)ccc2c1.[C-]#[N+]c1c(C)ccc2c(C#N)c(C)ccc12.[C-]#[N+]c1c(C=O)ccc2c(C#N)c(C=O)ccc12. The van der Waals surface area contributed by atoms with E-state index in [4.69, 9.17) is 34.2 Å². The summed E-state index contributed by atoms with van der Waals surface area (Å²) in [6.07, 6.45) is 4.24. The van der Waals surface area contributed by atoms with Gasteiger partial charge in [-0.1, -0.05) is 174 Å². The molecule has 12 rings (SSSR count). The Morgan fingerprint density at radius 2 is 0.589 bits per heavy atom. The predicted molar refractivity (Wildman–Crippen MR) is 356 cm³/mol. The van der Waals surface area contributed by atoms with Gasteiger partial charge in [0.05, 0.1) is 41.5 Å². The molecule has 0 saturated heterocycles. The third-order valence-electron chi connectivity index (χ3n) is 14.8. The van der Waals surface area contributed by atoms with Crippen molar-refractivity contribution in [3.8, 4) is 24.3 Å². The Balaban J connectivity index is 0.000000154. The average molecular weight is 1170 g/mol. The van der Waals surface area contributed by atoms with Crippen LogP contribution in [0.5, 0.6) is 0 Å². The van der Waals surface area contributed by atoms with Gasteiger partial charge in [-0.2, -0.15) is 21.0 Å². The molecule has 0 heterocycles. The highest BCUT2D eigenvalue weighted by molar-refractivity contribution is 6.07. The van der Waals surface area contributed by atoms with E-state index in [0.29, 0.717) is 74.1 Å². The summed E-state index contributed by atoms with van der Waals surface area (Å²) in [5.74, 6) is 0. The maximum atomic E-state index is 10.8.